The van der Waals surface area contributed by atoms with Gasteiger partial charge in [0.1, 0.15) is 0 Å². The predicted molar refractivity (Wildman–Crippen MR) is 51.8 cm³/mol. The number of carbonyl (C=O) groups is 1. The summed E-state index contributed by atoms with van der Waals surface area (Å²) in [5.74, 6) is -3.04. The number of hydrogen-bond donors (Lipinski definition) is 0. The maximum absolute atomic E-state index is 12.2. The van der Waals surface area contributed by atoms with Crippen LogP contribution < -0.4 is 0 Å². The minimum Gasteiger partial charge on any atom is -0.343 e. The Morgan fingerprint density at radius 2 is 2.06 bits per heavy atom. The fourth-order valence-electron chi connectivity index (χ4n) is 1.37. The van der Waals surface area contributed by atoms with Crippen molar-refractivity contribution >= 4 is 17.1 Å². The first kappa shape index (κ1) is 12.5. The summed E-state index contributed by atoms with van der Waals surface area (Å²) < 4.78 is 47.0. The minimum absolute atomic E-state index is 0.350. The molecule has 0 unspecified atom stereocenters. The average Bonchev–Trinajstić information content (AvgIpc) is 2.84. The molecule has 1 aliphatic rings. The zero-order valence-corrected chi connectivity index (χ0v) is 9.52. The molecule has 2 rings (SSSR count). The minimum atomic E-state index is -4.91. The average molecular weight is 267 g/mol. The van der Waals surface area contributed by atoms with E-state index in [2.05, 4.69) is 4.98 Å². The van der Waals surface area contributed by atoms with Gasteiger partial charge in [0.15, 0.2) is 5.01 Å². The van der Waals surface area contributed by atoms with Crippen LogP contribution in [-0.4, -0.2) is 30.2 Å². The first-order valence-electron chi connectivity index (χ1n) is 4.69. The van der Waals surface area contributed by atoms with E-state index >= 15 is 0 Å². The van der Waals surface area contributed by atoms with Gasteiger partial charge in [-0.15, -0.1) is 11.3 Å². The third-order valence-electron chi connectivity index (χ3n) is 2.24. The lowest BCUT2D eigenvalue weighted by Crippen LogP contribution is -2.22. The zero-order valence-electron chi connectivity index (χ0n) is 8.71. The number of rotatable bonds is 2. The van der Waals surface area contributed by atoms with Crippen LogP contribution in [0.15, 0.2) is 6.20 Å². The summed E-state index contributed by atoms with van der Waals surface area (Å²) >= 11 is 0.633. The van der Waals surface area contributed by atoms with E-state index in [1.807, 2.05) is 0 Å². The Hall–Kier alpha value is -0.990. The maximum atomic E-state index is 12.2. The van der Waals surface area contributed by atoms with Crippen molar-refractivity contribution in [3.8, 4) is 0 Å². The van der Waals surface area contributed by atoms with Crippen molar-refractivity contribution < 1.29 is 27.4 Å². The molecule has 0 aromatic carbocycles. The lowest BCUT2D eigenvalue weighted by Gasteiger charge is -2.19. The Morgan fingerprint density at radius 1 is 1.47 bits per heavy atom. The van der Waals surface area contributed by atoms with Crippen LogP contribution in [0.3, 0.4) is 0 Å². The topological polar surface area (TPSA) is 48.4 Å². The van der Waals surface area contributed by atoms with Gasteiger partial charge in [-0.3, -0.25) is 4.79 Å². The molecule has 8 heteroatoms. The smallest absolute Gasteiger partial charge is 0.343 e. The van der Waals surface area contributed by atoms with E-state index in [4.69, 9.17) is 9.47 Å². The fraction of sp³-hybridized carbons (Fsp3) is 0.556. The Morgan fingerprint density at radius 3 is 2.59 bits per heavy atom. The Bertz CT molecular complexity index is 437. The van der Waals surface area contributed by atoms with Crippen LogP contribution in [-0.2, 0) is 15.3 Å². The number of carbonyl (C=O) groups excluding carboxylic acids is 1. The molecule has 0 bridgehead atoms. The number of aromatic nitrogens is 1. The van der Waals surface area contributed by atoms with Gasteiger partial charge in [-0.1, -0.05) is 0 Å². The molecule has 0 N–H and O–H groups in total. The van der Waals surface area contributed by atoms with Gasteiger partial charge in [0.2, 0.25) is 5.79 Å². The van der Waals surface area contributed by atoms with Crippen molar-refractivity contribution in [1.82, 2.24) is 4.98 Å². The van der Waals surface area contributed by atoms with Crippen molar-refractivity contribution in [2.75, 3.05) is 13.2 Å². The second-order valence-electron chi connectivity index (χ2n) is 3.50. The molecule has 1 fully saturated rings. The van der Waals surface area contributed by atoms with Crippen LogP contribution in [0.1, 0.15) is 21.6 Å². The highest BCUT2D eigenvalue weighted by Gasteiger charge is 2.43. The second kappa shape index (κ2) is 4.04. The van der Waals surface area contributed by atoms with Gasteiger partial charge < -0.3 is 9.47 Å². The first-order valence-corrected chi connectivity index (χ1v) is 5.50. The monoisotopic (exact) mass is 267 g/mol. The van der Waals surface area contributed by atoms with Crippen molar-refractivity contribution in [2.24, 2.45) is 0 Å². The molecule has 1 aromatic heterocycles. The van der Waals surface area contributed by atoms with Crippen LogP contribution in [0.4, 0.5) is 13.2 Å². The van der Waals surface area contributed by atoms with Crippen molar-refractivity contribution in [2.45, 2.75) is 18.9 Å². The van der Waals surface area contributed by atoms with Crippen LogP contribution in [0, 0.1) is 0 Å². The van der Waals surface area contributed by atoms with Gasteiger partial charge in [0, 0.05) is 6.20 Å². The van der Waals surface area contributed by atoms with Crippen LogP contribution >= 0.6 is 11.3 Å². The Kier molecular flexibility index (Phi) is 2.96. The lowest BCUT2D eigenvalue weighted by atomic mass is 10.3. The van der Waals surface area contributed by atoms with E-state index in [-0.39, 0.29) is 0 Å². The molecule has 0 radical (unpaired) electrons. The molecule has 0 atom stereocenters. The van der Waals surface area contributed by atoms with Gasteiger partial charge >= 0.3 is 6.18 Å². The highest BCUT2D eigenvalue weighted by Crippen LogP contribution is 2.35. The number of hydrogen-bond acceptors (Lipinski definition) is 5. The molecule has 1 saturated heterocycles. The van der Waals surface area contributed by atoms with E-state index < -0.39 is 22.8 Å². The van der Waals surface area contributed by atoms with Crippen LogP contribution in [0.2, 0.25) is 0 Å². The first-order chi connectivity index (χ1) is 7.83. The Labute approximate surface area is 98.4 Å². The third-order valence-corrected chi connectivity index (χ3v) is 3.42. The maximum Gasteiger partial charge on any atom is 0.457 e. The second-order valence-corrected chi connectivity index (χ2v) is 4.53. The predicted octanol–water partition coefficient (Wildman–Crippen LogP) is 2.11. The SMILES string of the molecule is CC1(c2cnc(C(=O)C(F)(F)F)s2)OCCO1. The quantitative estimate of drug-likeness (QED) is 0.770. The fourth-order valence-corrected chi connectivity index (χ4v) is 2.30. The highest BCUT2D eigenvalue weighted by molar-refractivity contribution is 7.13. The molecule has 1 aromatic rings. The molecule has 0 spiro atoms. The molecule has 0 aliphatic carbocycles. The number of thiazole rings is 1. The number of ether oxygens (including phenoxy) is 2. The number of Topliss-reactive ketones (excluding diaryl/α,β-unsaturated/α-hetero) is 1. The van der Waals surface area contributed by atoms with E-state index in [0.717, 1.165) is 0 Å². The van der Waals surface area contributed by atoms with Gasteiger partial charge in [0.05, 0.1) is 18.1 Å². The summed E-state index contributed by atoms with van der Waals surface area (Å²) in [5, 5.41) is -0.604. The molecular formula is C9H8F3NO3S. The summed E-state index contributed by atoms with van der Waals surface area (Å²) in [6.07, 6.45) is -3.73. The summed E-state index contributed by atoms with van der Waals surface area (Å²) in [5.41, 5.74) is 0. The number of ketones is 1. The van der Waals surface area contributed by atoms with Crippen LogP contribution in [0.25, 0.3) is 0 Å². The van der Waals surface area contributed by atoms with Crippen LogP contribution in [0.5, 0.6) is 0 Å². The normalized spacial score (nSPS) is 19.5. The van der Waals surface area contributed by atoms with E-state index in [1.54, 1.807) is 6.92 Å². The number of alkyl halides is 3. The molecule has 2 heterocycles. The highest BCUT2D eigenvalue weighted by atomic mass is 32.1. The molecule has 4 nitrogen and oxygen atoms in total. The number of nitrogens with zero attached hydrogens (tertiary/aromatic N) is 1. The summed E-state index contributed by atoms with van der Waals surface area (Å²) in [6, 6.07) is 0. The van der Waals surface area contributed by atoms with E-state index in [0.29, 0.717) is 29.4 Å². The number of halogens is 3. The van der Waals surface area contributed by atoms with E-state index in [9.17, 15) is 18.0 Å². The molecule has 17 heavy (non-hydrogen) atoms. The van der Waals surface area contributed by atoms with Crippen molar-refractivity contribution in [3.05, 3.63) is 16.1 Å². The molecule has 1 aliphatic heterocycles. The Balaban J connectivity index is 2.25. The third kappa shape index (κ3) is 2.33. The molecule has 0 amide bonds. The summed E-state index contributed by atoms with van der Waals surface area (Å²) in [7, 11) is 0. The van der Waals surface area contributed by atoms with Gasteiger partial charge in [-0.25, -0.2) is 4.98 Å². The van der Waals surface area contributed by atoms with Gasteiger partial charge in [0.25, 0.3) is 5.78 Å². The van der Waals surface area contributed by atoms with Crippen molar-refractivity contribution in [1.29, 1.82) is 0 Å². The summed E-state index contributed by atoms with van der Waals surface area (Å²) in [4.78, 5) is 14.8. The molecule has 0 saturated carbocycles. The molecule has 94 valence electrons. The summed E-state index contributed by atoms with van der Waals surface area (Å²) in [6.45, 7) is 2.29. The van der Waals surface area contributed by atoms with Crippen molar-refractivity contribution in [3.63, 3.8) is 0 Å². The standard InChI is InChI=1S/C9H8F3NO3S/c1-8(15-2-3-16-8)5-4-13-7(17-5)6(14)9(10,11)12/h4H,2-3H2,1H3. The zero-order chi connectivity index (χ0) is 12.7. The largest absolute Gasteiger partial charge is 0.457 e. The molecular weight excluding hydrogens is 259 g/mol. The lowest BCUT2D eigenvalue weighted by molar-refractivity contribution is -0.147. The van der Waals surface area contributed by atoms with Gasteiger partial charge in [-0.05, 0) is 6.92 Å². The van der Waals surface area contributed by atoms with Gasteiger partial charge in [-0.2, -0.15) is 13.2 Å². The van der Waals surface area contributed by atoms with E-state index in [1.165, 1.54) is 6.20 Å².